The van der Waals surface area contributed by atoms with Crippen LogP contribution in [-0.2, 0) is 16.1 Å². The summed E-state index contributed by atoms with van der Waals surface area (Å²) < 4.78 is 1.33. The number of carbonyl (C=O) groups is 2. The smallest absolute Gasteiger partial charge is 0.247 e. The molecule has 1 aromatic rings. The maximum atomic E-state index is 10.9. The summed E-state index contributed by atoms with van der Waals surface area (Å²) in [5.74, 6) is -0.821. The molecule has 0 unspecified atom stereocenters. The van der Waals surface area contributed by atoms with E-state index in [0.29, 0.717) is 5.69 Å². The average Bonchev–Trinajstić information content (AvgIpc) is 2.51. The molecule has 0 saturated carbocycles. The predicted molar refractivity (Wildman–Crippen MR) is 50.2 cm³/mol. The average molecular weight is 194 g/mol. The molecule has 1 rings (SSSR count). The van der Waals surface area contributed by atoms with Crippen molar-refractivity contribution in [2.24, 2.45) is 5.73 Å². The van der Waals surface area contributed by atoms with Crippen LogP contribution in [0.4, 0.5) is 5.69 Å². The minimum Gasteiger partial charge on any atom is -0.368 e. The first-order chi connectivity index (χ1) is 6.61. The number of primary amides is 1. The van der Waals surface area contributed by atoms with Crippen LogP contribution in [0.3, 0.4) is 0 Å². The first-order valence-corrected chi connectivity index (χ1v) is 3.86. The third-order valence-corrected chi connectivity index (χ3v) is 1.40. The van der Waals surface area contributed by atoms with Crippen molar-refractivity contribution in [1.29, 1.82) is 0 Å². The Bertz CT molecular complexity index is 369. The SMILES string of the molecule is C=CC(=O)Nc1cnn(CC(N)=O)c1. The largest absolute Gasteiger partial charge is 0.368 e. The minimum atomic E-state index is -0.491. The quantitative estimate of drug-likeness (QED) is 0.632. The van der Waals surface area contributed by atoms with Crippen molar-refractivity contribution in [3.63, 3.8) is 0 Å². The van der Waals surface area contributed by atoms with Crippen molar-refractivity contribution in [1.82, 2.24) is 9.78 Å². The zero-order chi connectivity index (χ0) is 10.6. The predicted octanol–water partition coefficient (Wildman–Crippen LogP) is -0.507. The summed E-state index contributed by atoms with van der Waals surface area (Å²) in [6.07, 6.45) is 4.07. The van der Waals surface area contributed by atoms with Gasteiger partial charge in [-0.1, -0.05) is 6.58 Å². The van der Waals surface area contributed by atoms with E-state index in [1.54, 1.807) is 0 Å². The Hall–Kier alpha value is -2.11. The maximum absolute atomic E-state index is 10.9. The van der Waals surface area contributed by atoms with E-state index >= 15 is 0 Å². The second kappa shape index (κ2) is 4.22. The van der Waals surface area contributed by atoms with Gasteiger partial charge in [0.05, 0.1) is 11.9 Å². The second-order valence-corrected chi connectivity index (χ2v) is 2.59. The Morgan fingerprint density at radius 3 is 3.00 bits per heavy atom. The molecule has 1 heterocycles. The molecule has 1 aromatic heterocycles. The molecule has 0 radical (unpaired) electrons. The van der Waals surface area contributed by atoms with Crippen molar-refractivity contribution in [3.8, 4) is 0 Å². The molecule has 0 fully saturated rings. The molecule has 0 atom stereocenters. The highest BCUT2D eigenvalue weighted by Gasteiger charge is 2.02. The van der Waals surface area contributed by atoms with E-state index in [4.69, 9.17) is 5.73 Å². The first kappa shape index (κ1) is 9.97. The zero-order valence-corrected chi connectivity index (χ0v) is 7.43. The Balaban J connectivity index is 2.63. The van der Waals surface area contributed by atoms with Gasteiger partial charge in [-0.25, -0.2) is 0 Å². The van der Waals surface area contributed by atoms with E-state index in [-0.39, 0.29) is 12.5 Å². The molecule has 74 valence electrons. The molecule has 0 aliphatic rings. The molecular formula is C8H10N4O2. The van der Waals surface area contributed by atoms with E-state index < -0.39 is 5.91 Å². The summed E-state index contributed by atoms with van der Waals surface area (Å²) in [5.41, 5.74) is 5.45. The van der Waals surface area contributed by atoms with E-state index in [9.17, 15) is 9.59 Å². The molecule has 6 nitrogen and oxygen atoms in total. The number of rotatable bonds is 4. The van der Waals surface area contributed by atoms with Crippen molar-refractivity contribution >= 4 is 17.5 Å². The van der Waals surface area contributed by atoms with Crippen LogP contribution in [0.1, 0.15) is 0 Å². The number of nitrogens with zero attached hydrogens (tertiary/aromatic N) is 2. The Kier molecular flexibility index (Phi) is 3.01. The van der Waals surface area contributed by atoms with E-state index in [0.717, 1.165) is 6.08 Å². The summed E-state index contributed by atoms with van der Waals surface area (Å²) >= 11 is 0. The van der Waals surface area contributed by atoms with Gasteiger partial charge in [0.1, 0.15) is 6.54 Å². The molecule has 6 heteroatoms. The highest BCUT2D eigenvalue weighted by Crippen LogP contribution is 2.03. The maximum Gasteiger partial charge on any atom is 0.247 e. The van der Waals surface area contributed by atoms with Gasteiger partial charge < -0.3 is 11.1 Å². The van der Waals surface area contributed by atoms with Gasteiger partial charge in [0.15, 0.2) is 0 Å². The van der Waals surface area contributed by atoms with Crippen molar-refractivity contribution < 1.29 is 9.59 Å². The number of nitrogens with two attached hydrogens (primary N) is 1. The molecule has 0 spiro atoms. The number of anilines is 1. The van der Waals surface area contributed by atoms with Crippen LogP contribution < -0.4 is 11.1 Å². The fourth-order valence-electron chi connectivity index (χ4n) is 0.868. The lowest BCUT2D eigenvalue weighted by Crippen LogP contribution is -2.18. The van der Waals surface area contributed by atoms with Gasteiger partial charge in [-0.15, -0.1) is 0 Å². The van der Waals surface area contributed by atoms with Gasteiger partial charge in [0, 0.05) is 6.20 Å². The molecule has 0 saturated heterocycles. The number of hydrogen-bond donors (Lipinski definition) is 2. The Labute approximate surface area is 80.4 Å². The summed E-state index contributed by atoms with van der Waals surface area (Å²) in [7, 11) is 0. The van der Waals surface area contributed by atoms with Crippen molar-refractivity contribution in [2.45, 2.75) is 6.54 Å². The molecule has 0 bridgehead atoms. The molecule has 0 aliphatic heterocycles. The van der Waals surface area contributed by atoms with Gasteiger partial charge in [0.25, 0.3) is 0 Å². The number of nitrogens with one attached hydrogen (secondary N) is 1. The molecule has 0 aromatic carbocycles. The van der Waals surface area contributed by atoms with Crippen LogP contribution in [-0.4, -0.2) is 21.6 Å². The van der Waals surface area contributed by atoms with Gasteiger partial charge in [-0.05, 0) is 6.08 Å². The van der Waals surface area contributed by atoms with Crippen LogP contribution >= 0.6 is 0 Å². The highest BCUT2D eigenvalue weighted by atomic mass is 16.2. The van der Waals surface area contributed by atoms with E-state index in [1.165, 1.54) is 17.1 Å². The van der Waals surface area contributed by atoms with Gasteiger partial charge in [-0.2, -0.15) is 5.10 Å². The summed E-state index contributed by atoms with van der Waals surface area (Å²) in [6.45, 7) is 3.29. The van der Waals surface area contributed by atoms with Gasteiger partial charge in [-0.3, -0.25) is 14.3 Å². The van der Waals surface area contributed by atoms with Crippen molar-refractivity contribution in [2.75, 3.05) is 5.32 Å². The topological polar surface area (TPSA) is 90.0 Å². The Morgan fingerprint density at radius 1 is 1.71 bits per heavy atom. The normalized spacial score (nSPS) is 9.43. The first-order valence-electron chi connectivity index (χ1n) is 3.86. The van der Waals surface area contributed by atoms with Crippen LogP contribution in [0, 0.1) is 0 Å². The number of aromatic nitrogens is 2. The molecular weight excluding hydrogens is 184 g/mol. The van der Waals surface area contributed by atoms with Crippen LogP contribution in [0.15, 0.2) is 25.0 Å². The molecule has 3 N–H and O–H groups in total. The number of amides is 2. The third-order valence-electron chi connectivity index (χ3n) is 1.40. The van der Waals surface area contributed by atoms with E-state index in [1.807, 2.05) is 0 Å². The fraction of sp³-hybridized carbons (Fsp3) is 0.125. The third kappa shape index (κ3) is 2.74. The lowest BCUT2D eigenvalue weighted by Gasteiger charge is -1.96. The number of hydrogen-bond acceptors (Lipinski definition) is 3. The molecule has 14 heavy (non-hydrogen) atoms. The van der Waals surface area contributed by atoms with Crippen molar-refractivity contribution in [3.05, 3.63) is 25.0 Å². The second-order valence-electron chi connectivity index (χ2n) is 2.59. The Morgan fingerprint density at radius 2 is 2.43 bits per heavy atom. The summed E-state index contributed by atoms with van der Waals surface area (Å²) in [5, 5.41) is 6.30. The monoisotopic (exact) mass is 194 g/mol. The standard InChI is InChI=1S/C8H10N4O2/c1-2-8(14)11-6-3-10-12(4-6)5-7(9)13/h2-4H,1,5H2,(H2,9,13)(H,11,14). The zero-order valence-electron chi connectivity index (χ0n) is 7.43. The summed E-state index contributed by atoms with van der Waals surface area (Å²) in [4.78, 5) is 21.4. The minimum absolute atomic E-state index is 0.00996. The van der Waals surface area contributed by atoms with Crippen LogP contribution in [0.5, 0.6) is 0 Å². The van der Waals surface area contributed by atoms with Gasteiger partial charge in [0.2, 0.25) is 11.8 Å². The summed E-state index contributed by atoms with van der Waals surface area (Å²) in [6, 6.07) is 0. The van der Waals surface area contributed by atoms with Crippen LogP contribution in [0.25, 0.3) is 0 Å². The molecule has 0 aliphatic carbocycles. The number of carbonyl (C=O) groups excluding carboxylic acids is 2. The molecule has 2 amide bonds. The fourth-order valence-corrected chi connectivity index (χ4v) is 0.868. The van der Waals surface area contributed by atoms with Crippen LogP contribution in [0.2, 0.25) is 0 Å². The lowest BCUT2D eigenvalue weighted by molar-refractivity contribution is -0.118. The van der Waals surface area contributed by atoms with E-state index in [2.05, 4.69) is 17.0 Å². The van der Waals surface area contributed by atoms with Gasteiger partial charge >= 0.3 is 0 Å². The highest BCUT2D eigenvalue weighted by molar-refractivity contribution is 5.98. The lowest BCUT2D eigenvalue weighted by atomic mass is 10.5.